The predicted molar refractivity (Wildman–Crippen MR) is 120 cm³/mol. The summed E-state index contributed by atoms with van der Waals surface area (Å²) in [6.07, 6.45) is 1.71. The number of aryl methyl sites for hydroxylation is 1. The molecule has 9 nitrogen and oxygen atoms in total. The average Bonchev–Trinajstić information content (AvgIpc) is 2.79. The van der Waals surface area contributed by atoms with Gasteiger partial charge >= 0.3 is 0 Å². The maximum Gasteiger partial charge on any atom is 0.269 e. The second kappa shape index (κ2) is 8.84. The van der Waals surface area contributed by atoms with Gasteiger partial charge in [-0.2, -0.15) is 0 Å². The van der Waals surface area contributed by atoms with E-state index in [0.29, 0.717) is 37.1 Å². The van der Waals surface area contributed by atoms with Crippen molar-refractivity contribution in [1.82, 2.24) is 14.5 Å². The molecule has 0 aliphatic carbocycles. The van der Waals surface area contributed by atoms with Gasteiger partial charge in [0.05, 0.1) is 22.2 Å². The molecule has 1 aliphatic heterocycles. The van der Waals surface area contributed by atoms with Crippen molar-refractivity contribution in [3.63, 3.8) is 0 Å². The highest BCUT2D eigenvalue weighted by Crippen LogP contribution is 2.21. The number of rotatable bonds is 5. The third-order valence-electron chi connectivity index (χ3n) is 5.41. The van der Waals surface area contributed by atoms with Gasteiger partial charge in [-0.1, -0.05) is 15.9 Å². The van der Waals surface area contributed by atoms with Crippen molar-refractivity contribution in [2.45, 2.75) is 13.0 Å². The minimum absolute atomic E-state index is 0.00964. The molecule has 0 saturated carbocycles. The van der Waals surface area contributed by atoms with E-state index in [0.717, 1.165) is 10.2 Å². The Morgan fingerprint density at radius 3 is 2.48 bits per heavy atom. The van der Waals surface area contributed by atoms with Crippen LogP contribution >= 0.6 is 15.9 Å². The van der Waals surface area contributed by atoms with Crippen molar-refractivity contribution >= 4 is 44.1 Å². The Kier molecular flexibility index (Phi) is 5.99. The summed E-state index contributed by atoms with van der Waals surface area (Å²) in [6, 6.07) is 11.8. The van der Waals surface area contributed by atoms with Crippen LogP contribution in [0.5, 0.6) is 0 Å². The van der Waals surface area contributed by atoms with Gasteiger partial charge in [-0.3, -0.25) is 24.3 Å². The Hall–Kier alpha value is -3.27. The van der Waals surface area contributed by atoms with Gasteiger partial charge in [-0.05, 0) is 30.3 Å². The maximum atomic E-state index is 12.7. The molecular formula is C21H20BrN5O4. The minimum Gasteiger partial charge on any atom is -0.368 e. The molecule has 3 aromatic rings. The summed E-state index contributed by atoms with van der Waals surface area (Å²) in [4.78, 5) is 43.9. The number of halogens is 1. The van der Waals surface area contributed by atoms with E-state index in [9.17, 15) is 19.7 Å². The van der Waals surface area contributed by atoms with Gasteiger partial charge in [0.15, 0.2) is 0 Å². The Bertz CT molecular complexity index is 1190. The molecule has 1 fully saturated rings. The number of nitro groups is 1. The largest absolute Gasteiger partial charge is 0.368 e. The van der Waals surface area contributed by atoms with Gasteiger partial charge in [0, 0.05) is 61.4 Å². The van der Waals surface area contributed by atoms with E-state index in [1.54, 1.807) is 29.2 Å². The molecule has 10 heteroatoms. The van der Waals surface area contributed by atoms with Gasteiger partial charge in [0.2, 0.25) is 5.91 Å². The van der Waals surface area contributed by atoms with E-state index < -0.39 is 4.92 Å². The number of non-ortho nitro benzene ring substituents is 1. The Morgan fingerprint density at radius 1 is 1.10 bits per heavy atom. The molecular weight excluding hydrogens is 466 g/mol. The normalized spacial score (nSPS) is 14.1. The number of fused-ring (bicyclic) bond motifs is 1. The number of hydrogen-bond donors (Lipinski definition) is 0. The third kappa shape index (κ3) is 4.58. The highest BCUT2D eigenvalue weighted by Gasteiger charge is 2.21. The quantitative estimate of drug-likeness (QED) is 0.406. The third-order valence-corrected chi connectivity index (χ3v) is 5.90. The number of hydrogen-bond acceptors (Lipinski definition) is 6. The summed E-state index contributed by atoms with van der Waals surface area (Å²) >= 11 is 3.37. The Morgan fingerprint density at radius 2 is 1.81 bits per heavy atom. The zero-order valence-corrected chi connectivity index (χ0v) is 18.2. The zero-order chi connectivity index (χ0) is 22.0. The number of nitrogens with zero attached hydrogens (tertiary/aromatic N) is 5. The van der Waals surface area contributed by atoms with Gasteiger partial charge in [0.25, 0.3) is 11.2 Å². The first-order chi connectivity index (χ1) is 14.9. The average molecular weight is 486 g/mol. The Labute approximate surface area is 186 Å². The second-order valence-electron chi connectivity index (χ2n) is 7.30. The SMILES string of the molecule is O=C(CCn1cnc2ccc(Br)cc2c1=O)N1CCN(c2ccc([N+](=O)[O-])cc2)CC1. The van der Waals surface area contributed by atoms with Gasteiger partial charge in [-0.25, -0.2) is 4.98 Å². The lowest BCUT2D eigenvalue weighted by Gasteiger charge is -2.36. The number of carbonyl (C=O) groups excluding carboxylic acids is 1. The summed E-state index contributed by atoms with van der Waals surface area (Å²) < 4.78 is 2.28. The molecule has 2 heterocycles. The highest BCUT2D eigenvalue weighted by molar-refractivity contribution is 9.10. The van der Waals surface area contributed by atoms with Crippen LogP contribution in [0.1, 0.15) is 6.42 Å². The van der Waals surface area contributed by atoms with Crippen LogP contribution in [0.25, 0.3) is 10.9 Å². The van der Waals surface area contributed by atoms with E-state index in [1.165, 1.54) is 23.0 Å². The van der Waals surface area contributed by atoms with Crippen LogP contribution in [0.2, 0.25) is 0 Å². The monoisotopic (exact) mass is 485 g/mol. The summed E-state index contributed by atoms with van der Waals surface area (Å²) in [5, 5.41) is 11.3. The fourth-order valence-corrected chi connectivity index (χ4v) is 4.02. The van der Waals surface area contributed by atoms with Crippen LogP contribution in [-0.4, -0.2) is 51.5 Å². The first-order valence-electron chi connectivity index (χ1n) is 9.84. The predicted octanol–water partition coefficient (Wildman–Crippen LogP) is 2.81. The molecule has 0 N–H and O–H groups in total. The molecule has 4 rings (SSSR count). The zero-order valence-electron chi connectivity index (χ0n) is 16.6. The van der Waals surface area contributed by atoms with Gasteiger partial charge < -0.3 is 9.80 Å². The van der Waals surface area contributed by atoms with Crippen molar-refractivity contribution in [2.75, 3.05) is 31.1 Å². The van der Waals surface area contributed by atoms with Crippen molar-refractivity contribution in [3.8, 4) is 0 Å². The fourth-order valence-electron chi connectivity index (χ4n) is 3.66. The summed E-state index contributed by atoms with van der Waals surface area (Å²) in [7, 11) is 0. The molecule has 0 spiro atoms. The number of nitro benzene ring substituents is 1. The topological polar surface area (TPSA) is 102 Å². The lowest BCUT2D eigenvalue weighted by molar-refractivity contribution is -0.384. The van der Waals surface area contributed by atoms with Crippen molar-refractivity contribution in [2.24, 2.45) is 0 Å². The second-order valence-corrected chi connectivity index (χ2v) is 8.21. The van der Waals surface area contributed by atoms with E-state index in [-0.39, 0.29) is 30.1 Å². The Balaban J connectivity index is 1.34. The van der Waals surface area contributed by atoms with E-state index in [2.05, 4.69) is 25.8 Å². The maximum absolute atomic E-state index is 12.7. The molecule has 31 heavy (non-hydrogen) atoms. The van der Waals surface area contributed by atoms with Crippen LogP contribution < -0.4 is 10.5 Å². The molecule has 1 aliphatic rings. The van der Waals surface area contributed by atoms with E-state index in [1.807, 2.05) is 6.07 Å². The van der Waals surface area contributed by atoms with Crippen LogP contribution in [0.3, 0.4) is 0 Å². The standard InChI is InChI=1S/C21H20BrN5O4/c22-15-1-6-19-18(13-15)21(29)26(14-23-19)8-7-20(28)25-11-9-24(10-12-25)16-2-4-17(5-3-16)27(30)31/h1-6,13-14H,7-12H2. The number of carbonyl (C=O) groups is 1. The molecule has 160 valence electrons. The molecule has 1 saturated heterocycles. The van der Waals surface area contributed by atoms with Gasteiger partial charge in [-0.15, -0.1) is 0 Å². The summed E-state index contributed by atoms with van der Waals surface area (Å²) in [6.45, 7) is 2.70. The van der Waals surface area contributed by atoms with Crippen molar-refractivity contribution in [3.05, 3.63) is 73.7 Å². The molecule has 0 unspecified atom stereocenters. The van der Waals surface area contributed by atoms with Crippen LogP contribution in [0.4, 0.5) is 11.4 Å². The lowest BCUT2D eigenvalue weighted by atomic mass is 10.2. The van der Waals surface area contributed by atoms with E-state index >= 15 is 0 Å². The first-order valence-corrected chi connectivity index (χ1v) is 10.6. The van der Waals surface area contributed by atoms with Crippen molar-refractivity contribution < 1.29 is 9.72 Å². The van der Waals surface area contributed by atoms with Crippen molar-refractivity contribution in [1.29, 1.82) is 0 Å². The molecule has 1 aromatic heterocycles. The summed E-state index contributed by atoms with van der Waals surface area (Å²) in [5.41, 5.74) is 1.42. The van der Waals surface area contributed by atoms with E-state index in [4.69, 9.17) is 0 Å². The number of piperazine rings is 1. The lowest BCUT2D eigenvalue weighted by Crippen LogP contribution is -2.49. The molecule has 0 atom stereocenters. The van der Waals surface area contributed by atoms with Crippen LogP contribution in [0.15, 0.2) is 58.1 Å². The number of aromatic nitrogens is 2. The van der Waals surface area contributed by atoms with Crippen LogP contribution in [-0.2, 0) is 11.3 Å². The molecule has 2 aromatic carbocycles. The first kappa shape index (κ1) is 21.0. The summed E-state index contributed by atoms with van der Waals surface area (Å²) in [5.74, 6) is -0.00964. The van der Waals surface area contributed by atoms with Gasteiger partial charge in [0.1, 0.15) is 0 Å². The molecule has 1 amide bonds. The minimum atomic E-state index is -0.421. The smallest absolute Gasteiger partial charge is 0.269 e. The number of anilines is 1. The molecule has 0 bridgehead atoms. The fraction of sp³-hybridized carbons (Fsp3) is 0.286. The number of amides is 1. The molecule has 0 radical (unpaired) electrons. The highest BCUT2D eigenvalue weighted by atomic mass is 79.9. The van der Waals surface area contributed by atoms with Crippen LogP contribution in [0, 0.1) is 10.1 Å². The number of benzene rings is 2.